The van der Waals surface area contributed by atoms with Crippen LogP contribution in [0, 0.1) is 5.92 Å². The summed E-state index contributed by atoms with van der Waals surface area (Å²) in [5, 5.41) is 1.16. The van der Waals surface area contributed by atoms with Gasteiger partial charge in [-0.1, -0.05) is 50.3 Å². The van der Waals surface area contributed by atoms with Crippen molar-refractivity contribution in [1.82, 2.24) is 0 Å². The van der Waals surface area contributed by atoms with E-state index in [2.05, 4.69) is 50.2 Å². The van der Waals surface area contributed by atoms with Crippen molar-refractivity contribution in [3.8, 4) is 0 Å². The van der Waals surface area contributed by atoms with Crippen molar-refractivity contribution in [3.63, 3.8) is 0 Å². The van der Waals surface area contributed by atoms with E-state index in [-0.39, 0.29) is 0 Å². The summed E-state index contributed by atoms with van der Waals surface area (Å²) in [5.74, 6) is 0.610. The molecule has 0 bridgehead atoms. The van der Waals surface area contributed by atoms with Crippen LogP contribution in [0.2, 0.25) is 0 Å². The van der Waals surface area contributed by atoms with Crippen LogP contribution >= 0.6 is 0 Å². The monoisotopic (exact) mass is 295 g/mol. The van der Waals surface area contributed by atoms with Crippen molar-refractivity contribution < 1.29 is 4.42 Å². The predicted molar refractivity (Wildman–Crippen MR) is 95.5 cm³/mol. The summed E-state index contributed by atoms with van der Waals surface area (Å²) in [6.45, 7) is 6.56. The summed E-state index contributed by atoms with van der Waals surface area (Å²) in [6.07, 6.45) is 12.5. The zero-order chi connectivity index (χ0) is 15.8. The molecule has 3 rings (SSSR count). The average Bonchev–Trinajstić information content (AvgIpc) is 3.03. The fourth-order valence-electron chi connectivity index (χ4n) is 2.17. The first kappa shape index (κ1) is 16.3. The summed E-state index contributed by atoms with van der Waals surface area (Å²) in [4.78, 5) is 4.59. The number of hydrogen-bond donors (Lipinski definition) is 0. The Balaban J connectivity index is 0.000000170. The molecule has 1 aliphatic carbocycles. The summed E-state index contributed by atoms with van der Waals surface area (Å²) in [5.41, 5.74) is 2.33. The Morgan fingerprint density at radius 2 is 2.14 bits per heavy atom. The Morgan fingerprint density at radius 3 is 2.86 bits per heavy atom. The topological polar surface area (TPSA) is 25.5 Å². The lowest BCUT2D eigenvalue weighted by Crippen LogP contribution is -2.09. The lowest BCUT2D eigenvalue weighted by atomic mass is 10.0. The van der Waals surface area contributed by atoms with Crippen LogP contribution in [0.3, 0.4) is 0 Å². The predicted octanol–water partition coefficient (Wildman–Crippen LogP) is 5.81. The molecule has 22 heavy (non-hydrogen) atoms. The maximum absolute atomic E-state index is 5.12. The van der Waals surface area contributed by atoms with Crippen LogP contribution in [0.4, 0.5) is 0 Å². The number of allylic oxidation sites excluding steroid dienone is 2. The third-order valence-corrected chi connectivity index (χ3v) is 3.91. The van der Waals surface area contributed by atoms with Gasteiger partial charge in [0.25, 0.3) is 0 Å². The molecule has 1 aromatic carbocycles. The van der Waals surface area contributed by atoms with Crippen LogP contribution in [-0.4, -0.2) is 12.3 Å². The number of fused-ring (bicyclic) bond motifs is 1. The van der Waals surface area contributed by atoms with Crippen molar-refractivity contribution in [1.29, 1.82) is 0 Å². The molecule has 0 spiro atoms. The molecule has 0 saturated carbocycles. The fourth-order valence-corrected chi connectivity index (χ4v) is 2.17. The Bertz CT molecular complexity index is 633. The zero-order valence-electron chi connectivity index (χ0n) is 13.7. The second-order valence-corrected chi connectivity index (χ2v) is 5.73. The third kappa shape index (κ3) is 4.73. The Kier molecular flexibility index (Phi) is 6.20. The van der Waals surface area contributed by atoms with E-state index in [1.54, 1.807) is 6.26 Å². The van der Waals surface area contributed by atoms with Gasteiger partial charge in [0.2, 0.25) is 0 Å². The fraction of sp³-hybridized carbons (Fsp3) is 0.350. The van der Waals surface area contributed by atoms with E-state index in [9.17, 15) is 0 Å². The molecule has 0 radical (unpaired) electrons. The number of hydrogen-bond acceptors (Lipinski definition) is 2. The highest BCUT2D eigenvalue weighted by Gasteiger charge is 2.08. The van der Waals surface area contributed by atoms with Crippen molar-refractivity contribution in [2.24, 2.45) is 10.9 Å². The number of aliphatic imine (C=N–C) groups is 1. The van der Waals surface area contributed by atoms with Gasteiger partial charge in [-0.25, -0.2) is 0 Å². The maximum atomic E-state index is 5.12. The van der Waals surface area contributed by atoms with E-state index in [0.29, 0.717) is 12.0 Å². The summed E-state index contributed by atoms with van der Waals surface area (Å²) < 4.78 is 5.12. The second kappa shape index (κ2) is 8.38. The van der Waals surface area contributed by atoms with Gasteiger partial charge in [-0.15, -0.1) is 0 Å². The van der Waals surface area contributed by atoms with Gasteiger partial charge in [-0.3, -0.25) is 4.99 Å². The van der Waals surface area contributed by atoms with Gasteiger partial charge in [0, 0.05) is 11.6 Å². The molecule has 2 aromatic rings. The highest BCUT2D eigenvalue weighted by molar-refractivity contribution is 5.76. The molecule has 1 aliphatic rings. The largest absolute Gasteiger partial charge is 0.464 e. The molecular weight excluding hydrogens is 270 g/mol. The summed E-state index contributed by atoms with van der Waals surface area (Å²) >= 11 is 0. The number of rotatable bonds is 3. The molecule has 2 atom stereocenters. The third-order valence-electron chi connectivity index (χ3n) is 3.91. The van der Waals surface area contributed by atoms with Crippen molar-refractivity contribution in [2.45, 2.75) is 39.7 Å². The number of furan rings is 1. The molecule has 0 saturated heterocycles. The molecule has 116 valence electrons. The van der Waals surface area contributed by atoms with Crippen LogP contribution in [0.15, 0.2) is 69.8 Å². The number of para-hydroxylation sites is 1. The Hall–Kier alpha value is -2.09. The first-order valence-corrected chi connectivity index (χ1v) is 7.99. The van der Waals surface area contributed by atoms with Crippen LogP contribution in [0.25, 0.3) is 11.0 Å². The highest BCUT2D eigenvalue weighted by Crippen LogP contribution is 2.16. The van der Waals surface area contributed by atoms with E-state index in [4.69, 9.17) is 4.42 Å². The van der Waals surface area contributed by atoms with Crippen LogP contribution in [-0.2, 0) is 0 Å². The van der Waals surface area contributed by atoms with Gasteiger partial charge >= 0.3 is 0 Å². The van der Waals surface area contributed by atoms with E-state index >= 15 is 0 Å². The summed E-state index contributed by atoms with van der Waals surface area (Å²) in [6, 6.07) is 10.3. The quantitative estimate of drug-likeness (QED) is 0.656. The minimum atomic E-state index is 0.402. The van der Waals surface area contributed by atoms with E-state index in [1.807, 2.05) is 30.3 Å². The Morgan fingerprint density at radius 1 is 1.32 bits per heavy atom. The van der Waals surface area contributed by atoms with E-state index < -0.39 is 0 Å². The first-order valence-electron chi connectivity index (χ1n) is 7.99. The minimum absolute atomic E-state index is 0.402. The maximum Gasteiger partial charge on any atom is 0.133 e. The van der Waals surface area contributed by atoms with Gasteiger partial charge in [-0.05, 0) is 43.4 Å². The van der Waals surface area contributed by atoms with Gasteiger partial charge < -0.3 is 4.42 Å². The van der Waals surface area contributed by atoms with Gasteiger partial charge in [0.05, 0.1) is 12.3 Å². The van der Waals surface area contributed by atoms with Gasteiger partial charge in [0.15, 0.2) is 0 Å². The first-order chi connectivity index (χ1) is 10.7. The minimum Gasteiger partial charge on any atom is -0.464 e. The Labute approximate surface area is 133 Å². The van der Waals surface area contributed by atoms with E-state index in [0.717, 1.165) is 17.4 Å². The zero-order valence-corrected chi connectivity index (χ0v) is 13.7. The van der Waals surface area contributed by atoms with Gasteiger partial charge in [-0.2, -0.15) is 0 Å². The van der Waals surface area contributed by atoms with Crippen molar-refractivity contribution >= 4 is 17.2 Å². The average molecular weight is 295 g/mol. The molecule has 2 nitrogen and oxygen atoms in total. The molecule has 2 unspecified atom stereocenters. The molecule has 2 heteroatoms. The number of nitrogens with zero attached hydrogens (tertiary/aromatic N) is 1. The molecule has 0 fully saturated rings. The standard InChI is InChI=1S/C12H19N.C8H6O/c1-4-10(2)9-13-12-8-6-5-7-11(12)3;1-2-4-8-7(3-1)5-6-9-8/h5-7,9-10,12H,4,8H2,1-3H3;1-6H. The van der Waals surface area contributed by atoms with Gasteiger partial charge in [0.1, 0.15) is 5.58 Å². The normalized spacial score (nSPS) is 18.9. The number of benzene rings is 1. The second-order valence-electron chi connectivity index (χ2n) is 5.73. The summed E-state index contributed by atoms with van der Waals surface area (Å²) in [7, 11) is 0. The SMILES string of the molecule is CCC(C)C=NC1CC=CC=C1C.c1ccc2occc2c1. The smallest absolute Gasteiger partial charge is 0.133 e. The molecule has 1 heterocycles. The van der Waals surface area contributed by atoms with Crippen molar-refractivity contribution in [3.05, 3.63) is 60.4 Å². The van der Waals surface area contributed by atoms with Crippen LogP contribution in [0.1, 0.15) is 33.6 Å². The lowest BCUT2D eigenvalue weighted by Gasteiger charge is -2.14. The molecule has 1 aromatic heterocycles. The van der Waals surface area contributed by atoms with E-state index in [1.165, 1.54) is 12.0 Å². The lowest BCUT2D eigenvalue weighted by molar-refractivity contribution is 0.616. The molecule has 0 N–H and O–H groups in total. The molecule has 0 aliphatic heterocycles. The molecular formula is C20H25NO. The van der Waals surface area contributed by atoms with Crippen LogP contribution in [0.5, 0.6) is 0 Å². The molecule has 0 amide bonds. The highest BCUT2D eigenvalue weighted by atomic mass is 16.3. The van der Waals surface area contributed by atoms with Crippen molar-refractivity contribution in [2.75, 3.05) is 0 Å². The van der Waals surface area contributed by atoms with Crippen LogP contribution < -0.4 is 0 Å².